The van der Waals surface area contributed by atoms with Crippen LogP contribution in [0.1, 0.15) is 15.6 Å². The number of aromatic nitrogens is 2. The van der Waals surface area contributed by atoms with Crippen LogP contribution in [-0.4, -0.2) is 16.1 Å². The minimum atomic E-state index is -0.403. The van der Waals surface area contributed by atoms with Crippen molar-refractivity contribution in [2.75, 3.05) is 5.32 Å². The first kappa shape index (κ1) is 13.4. The lowest BCUT2D eigenvalue weighted by molar-refractivity contribution is 0.0997. The first-order valence-electron chi connectivity index (χ1n) is 6.09. The van der Waals surface area contributed by atoms with Gasteiger partial charge in [-0.3, -0.25) is 10.1 Å². The van der Waals surface area contributed by atoms with Crippen LogP contribution in [0, 0.1) is 12.7 Å². The molecule has 106 valence electrons. The van der Waals surface area contributed by atoms with Gasteiger partial charge in [0.2, 0.25) is 5.13 Å². The van der Waals surface area contributed by atoms with Gasteiger partial charge in [-0.2, -0.15) is 0 Å². The highest BCUT2D eigenvalue weighted by Gasteiger charge is 2.14. The van der Waals surface area contributed by atoms with Crippen molar-refractivity contribution in [2.45, 2.75) is 6.92 Å². The molecule has 2 aromatic heterocycles. The van der Waals surface area contributed by atoms with Crippen LogP contribution in [-0.2, 0) is 0 Å². The van der Waals surface area contributed by atoms with Gasteiger partial charge in [0.1, 0.15) is 16.6 Å². The molecule has 0 spiro atoms. The molecule has 5 nitrogen and oxygen atoms in total. The lowest BCUT2D eigenvalue weighted by atomic mass is 10.2. The van der Waals surface area contributed by atoms with E-state index in [4.69, 9.17) is 4.42 Å². The zero-order chi connectivity index (χ0) is 14.8. The van der Waals surface area contributed by atoms with Crippen molar-refractivity contribution in [3.8, 4) is 11.3 Å². The fourth-order valence-electron chi connectivity index (χ4n) is 1.74. The third-order valence-electron chi connectivity index (χ3n) is 2.71. The van der Waals surface area contributed by atoms with E-state index in [2.05, 4.69) is 15.5 Å². The van der Waals surface area contributed by atoms with Crippen molar-refractivity contribution in [3.05, 3.63) is 53.0 Å². The summed E-state index contributed by atoms with van der Waals surface area (Å²) in [5, 5.41) is 11.4. The molecule has 3 aromatic rings. The molecule has 21 heavy (non-hydrogen) atoms. The fraction of sp³-hybridized carbons (Fsp3) is 0.0714. The van der Waals surface area contributed by atoms with Gasteiger partial charge in [-0.1, -0.05) is 11.3 Å². The van der Waals surface area contributed by atoms with Crippen molar-refractivity contribution in [1.82, 2.24) is 10.2 Å². The van der Waals surface area contributed by atoms with Gasteiger partial charge in [-0.05, 0) is 43.3 Å². The third-order valence-corrected chi connectivity index (χ3v) is 3.46. The lowest BCUT2D eigenvalue weighted by Crippen LogP contribution is -2.10. The largest absolute Gasteiger partial charge is 0.451 e. The Hall–Kier alpha value is -2.54. The minimum absolute atomic E-state index is 0.155. The number of halogens is 1. The zero-order valence-electron chi connectivity index (χ0n) is 11.0. The number of carbonyl (C=O) groups is 1. The van der Waals surface area contributed by atoms with Crippen LogP contribution in [0.25, 0.3) is 11.3 Å². The Bertz CT molecular complexity index is 780. The first-order valence-corrected chi connectivity index (χ1v) is 6.91. The summed E-state index contributed by atoms with van der Waals surface area (Å²) in [7, 11) is 0. The molecule has 7 heteroatoms. The Morgan fingerprint density at radius 2 is 1.95 bits per heavy atom. The van der Waals surface area contributed by atoms with Crippen molar-refractivity contribution in [1.29, 1.82) is 0 Å². The molecule has 1 N–H and O–H groups in total. The van der Waals surface area contributed by atoms with Gasteiger partial charge in [0.25, 0.3) is 5.91 Å². The average molecular weight is 303 g/mol. The van der Waals surface area contributed by atoms with E-state index in [0.717, 1.165) is 5.01 Å². The van der Waals surface area contributed by atoms with E-state index in [1.165, 1.54) is 23.5 Å². The molecule has 0 saturated carbocycles. The van der Waals surface area contributed by atoms with Crippen LogP contribution < -0.4 is 5.32 Å². The van der Waals surface area contributed by atoms with Crippen LogP contribution in [0.5, 0.6) is 0 Å². The number of aryl methyl sites for hydroxylation is 1. The Balaban J connectivity index is 1.78. The maximum atomic E-state index is 12.9. The molecule has 0 fully saturated rings. The molecule has 1 aromatic carbocycles. The van der Waals surface area contributed by atoms with Gasteiger partial charge in [0.05, 0.1) is 0 Å². The number of rotatable bonds is 3. The monoisotopic (exact) mass is 303 g/mol. The van der Waals surface area contributed by atoms with E-state index in [-0.39, 0.29) is 11.6 Å². The second-order valence-electron chi connectivity index (χ2n) is 4.25. The Morgan fingerprint density at radius 1 is 1.19 bits per heavy atom. The van der Waals surface area contributed by atoms with E-state index in [9.17, 15) is 9.18 Å². The molecule has 0 radical (unpaired) electrons. The third kappa shape index (κ3) is 2.97. The normalized spacial score (nSPS) is 10.6. The number of benzene rings is 1. The first-order chi connectivity index (χ1) is 10.1. The van der Waals surface area contributed by atoms with E-state index in [0.29, 0.717) is 16.5 Å². The fourth-order valence-corrected chi connectivity index (χ4v) is 2.32. The van der Waals surface area contributed by atoms with Gasteiger partial charge < -0.3 is 4.42 Å². The average Bonchev–Trinajstić information content (AvgIpc) is 3.09. The molecular weight excluding hydrogens is 293 g/mol. The molecule has 0 unspecified atom stereocenters. The summed E-state index contributed by atoms with van der Waals surface area (Å²) in [4.78, 5) is 12.0. The molecular formula is C14H10FN3O2S. The summed E-state index contributed by atoms with van der Waals surface area (Å²) < 4.78 is 18.3. The smallest absolute Gasteiger partial charge is 0.293 e. The summed E-state index contributed by atoms with van der Waals surface area (Å²) in [6.07, 6.45) is 0. The molecule has 0 atom stereocenters. The summed E-state index contributed by atoms with van der Waals surface area (Å²) in [5.74, 6) is -0.0785. The molecule has 0 aliphatic rings. The van der Waals surface area contributed by atoms with Crippen LogP contribution in [0.3, 0.4) is 0 Å². The summed E-state index contributed by atoms with van der Waals surface area (Å²) in [5.41, 5.74) is 0.696. The number of nitrogens with zero attached hydrogens (tertiary/aromatic N) is 2. The summed E-state index contributed by atoms with van der Waals surface area (Å²) in [6.45, 7) is 1.80. The summed E-state index contributed by atoms with van der Waals surface area (Å²) in [6, 6.07) is 9.06. The van der Waals surface area contributed by atoms with Crippen molar-refractivity contribution in [2.24, 2.45) is 0 Å². The van der Waals surface area contributed by atoms with E-state index in [1.807, 2.05) is 0 Å². The highest BCUT2D eigenvalue weighted by atomic mass is 32.1. The number of nitrogens with one attached hydrogen (secondary N) is 1. The predicted molar refractivity (Wildman–Crippen MR) is 76.7 cm³/mol. The van der Waals surface area contributed by atoms with Crippen LogP contribution >= 0.6 is 11.3 Å². The van der Waals surface area contributed by atoms with Gasteiger partial charge in [-0.25, -0.2) is 4.39 Å². The molecule has 0 saturated heterocycles. The van der Waals surface area contributed by atoms with Gasteiger partial charge in [-0.15, -0.1) is 10.2 Å². The van der Waals surface area contributed by atoms with Gasteiger partial charge in [0, 0.05) is 5.56 Å². The highest BCUT2D eigenvalue weighted by Crippen LogP contribution is 2.23. The molecule has 2 heterocycles. The topological polar surface area (TPSA) is 68.0 Å². The number of hydrogen-bond acceptors (Lipinski definition) is 5. The standard InChI is InChI=1S/C14H10FN3O2S/c1-8-17-18-14(21-8)16-13(19)12-7-6-11(20-12)9-2-4-10(15)5-3-9/h2-7H,1H3,(H,16,18,19). The van der Waals surface area contributed by atoms with Crippen molar-refractivity contribution < 1.29 is 13.6 Å². The molecule has 3 rings (SSSR count). The van der Waals surface area contributed by atoms with Gasteiger partial charge >= 0.3 is 0 Å². The number of hydrogen-bond donors (Lipinski definition) is 1. The Kier molecular flexibility index (Phi) is 3.49. The minimum Gasteiger partial charge on any atom is -0.451 e. The highest BCUT2D eigenvalue weighted by molar-refractivity contribution is 7.15. The SMILES string of the molecule is Cc1nnc(NC(=O)c2ccc(-c3ccc(F)cc3)o2)s1. The van der Waals surface area contributed by atoms with Crippen LogP contribution in [0.2, 0.25) is 0 Å². The zero-order valence-corrected chi connectivity index (χ0v) is 11.8. The van der Waals surface area contributed by atoms with E-state index < -0.39 is 5.91 Å². The number of amides is 1. The van der Waals surface area contributed by atoms with Crippen molar-refractivity contribution >= 4 is 22.4 Å². The number of furan rings is 1. The maximum Gasteiger partial charge on any atom is 0.293 e. The second kappa shape index (κ2) is 5.45. The van der Waals surface area contributed by atoms with E-state index >= 15 is 0 Å². The quantitative estimate of drug-likeness (QED) is 0.804. The maximum absolute atomic E-state index is 12.9. The Morgan fingerprint density at radius 3 is 2.62 bits per heavy atom. The van der Waals surface area contributed by atoms with Crippen LogP contribution in [0.15, 0.2) is 40.8 Å². The molecule has 0 aliphatic heterocycles. The second-order valence-corrected chi connectivity index (χ2v) is 5.43. The van der Waals surface area contributed by atoms with E-state index in [1.54, 1.807) is 31.2 Å². The molecule has 0 bridgehead atoms. The van der Waals surface area contributed by atoms with Crippen LogP contribution in [0.4, 0.5) is 9.52 Å². The number of carbonyl (C=O) groups excluding carboxylic acids is 1. The predicted octanol–water partition coefficient (Wildman–Crippen LogP) is 3.50. The summed E-state index contributed by atoms with van der Waals surface area (Å²) >= 11 is 1.28. The lowest BCUT2D eigenvalue weighted by Gasteiger charge is -1.98. The molecule has 1 amide bonds. The van der Waals surface area contributed by atoms with Crippen molar-refractivity contribution in [3.63, 3.8) is 0 Å². The van der Waals surface area contributed by atoms with Gasteiger partial charge in [0.15, 0.2) is 5.76 Å². The molecule has 0 aliphatic carbocycles. The Labute approximate surface area is 123 Å². The number of anilines is 1.